The molecule has 0 heterocycles. The molecule has 0 aliphatic carbocycles. The quantitative estimate of drug-likeness (QED) is 0.155. The van der Waals surface area contributed by atoms with Crippen LogP contribution in [0.5, 0.6) is 5.75 Å². The first kappa shape index (κ1) is 26.4. The van der Waals surface area contributed by atoms with Crippen LogP contribution >= 0.6 is 8.60 Å². The van der Waals surface area contributed by atoms with E-state index in [1.807, 2.05) is 30.3 Å². The molecule has 3 aromatic rings. The Kier molecular flexibility index (Phi) is 12.8. The summed E-state index contributed by atoms with van der Waals surface area (Å²) in [5, 5.41) is 0. The highest BCUT2D eigenvalue weighted by Crippen LogP contribution is 2.35. The Morgan fingerprint density at radius 3 is 1.53 bits per heavy atom. The summed E-state index contributed by atoms with van der Waals surface area (Å²) in [4.78, 5) is 9.83. The van der Waals surface area contributed by atoms with Crippen LogP contribution in [0.15, 0.2) is 91.0 Å². The summed E-state index contributed by atoms with van der Waals surface area (Å²) < 4.78 is 10.8. The molecule has 0 spiro atoms. The molecule has 0 fully saturated rings. The van der Waals surface area contributed by atoms with E-state index in [0.29, 0.717) is 18.3 Å². The normalized spacial score (nSPS) is 12.1. The van der Waals surface area contributed by atoms with Crippen LogP contribution in [0.25, 0.3) is 0 Å². The van der Waals surface area contributed by atoms with Crippen molar-refractivity contribution in [3.8, 4) is 5.75 Å². The number of para-hydroxylation sites is 1. The van der Waals surface area contributed by atoms with Crippen LogP contribution in [0.3, 0.4) is 0 Å². The van der Waals surface area contributed by atoms with Crippen molar-refractivity contribution in [2.24, 2.45) is 0 Å². The fourth-order valence-corrected chi connectivity index (χ4v) is 4.97. The van der Waals surface area contributed by atoms with Crippen LogP contribution in [0.2, 0.25) is 0 Å². The van der Waals surface area contributed by atoms with Crippen LogP contribution in [0, 0.1) is 0 Å². The molecule has 1 unspecified atom stereocenters. The highest BCUT2D eigenvalue weighted by molar-refractivity contribution is 7.41. The first-order valence-electron chi connectivity index (χ1n) is 12.8. The van der Waals surface area contributed by atoms with Gasteiger partial charge in [0.2, 0.25) is 0 Å². The summed E-state index contributed by atoms with van der Waals surface area (Å²) in [6.07, 6.45) is 12.4. The standard InChI is InChI=1S/C30H39O3P/c31-34(33-29-23-15-10-16-24-29)32-26-18-7-5-3-1-2-4-6-17-25-30(27-19-11-8-12-20-27)28-21-13-9-14-22-28/h8-16,19-24,30-31H,1-7,17-18,25-26H2. The third-order valence-corrected chi connectivity index (χ3v) is 6.94. The van der Waals surface area contributed by atoms with Gasteiger partial charge in [-0.15, -0.1) is 0 Å². The molecule has 34 heavy (non-hydrogen) atoms. The fraction of sp³-hybridized carbons (Fsp3) is 0.400. The first-order chi connectivity index (χ1) is 16.8. The Hall–Kier alpha value is -2.19. The minimum atomic E-state index is -1.83. The maximum absolute atomic E-state index is 9.83. The molecule has 3 nitrogen and oxygen atoms in total. The molecule has 4 heteroatoms. The number of hydrogen-bond donors (Lipinski definition) is 1. The smallest absolute Gasteiger partial charge is 0.394 e. The third-order valence-electron chi connectivity index (χ3n) is 6.17. The largest absolute Gasteiger partial charge is 0.427 e. The van der Waals surface area contributed by atoms with Gasteiger partial charge >= 0.3 is 8.60 Å². The Balaban J connectivity index is 1.18. The zero-order valence-electron chi connectivity index (χ0n) is 20.2. The van der Waals surface area contributed by atoms with E-state index in [1.165, 1.54) is 62.5 Å². The Morgan fingerprint density at radius 1 is 0.559 bits per heavy atom. The van der Waals surface area contributed by atoms with Gasteiger partial charge < -0.3 is 13.9 Å². The number of unbranched alkanes of at least 4 members (excludes halogenated alkanes) is 8. The molecule has 1 N–H and O–H groups in total. The van der Waals surface area contributed by atoms with Crippen molar-refractivity contribution < 1.29 is 13.9 Å². The maximum Gasteiger partial charge on any atom is 0.394 e. The Bertz CT molecular complexity index is 834. The lowest BCUT2D eigenvalue weighted by atomic mass is 9.87. The van der Waals surface area contributed by atoms with Crippen molar-refractivity contribution in [1.82, 2.24) is 0 Å². The van der Waals surface area contributed by atoms with Crippen LogP contribution in [0.1, 0.15) is 81.3 Å². The van der Waals surface area contributed by atoms with Crippen LogP contribution in [0.4, 0.5) is 0 Å². The van der Waals surface area contributed by atoms with E-state index in [2.05, 4.69) is 60.7 Å². The second-order valence-electron chi connectivity index (χ2n) is 8.82. The molecule has 3 rings (SSSR count). The van der Waals surface area contributed by atoms with Gasteiger partial charge in [-0.25, -0.2) is 0 Å². The molecule has 0 radical (unpaired) electrons. The lowest BCUT2D eigenvalue weighted by Gasteiger charge is -2.18. The van der Waals surface area contributed by atoms with E-state index in [0.717, 1.165) is 12.8 Å². The molecule has 0 aromatic heterocycles. The van der Waals surface area contributed by atoms with Gasteiger partial charge in [0.15, 0.2) is 0 Å². The van der Waals surface area contributed by atoms with Crippen molar-refractivity contribution in [2.75, 3.05) is 6.61 Å². The number of benzene rings is 3. The van der Waals surface area contributed by atoms with Gasteiger partial charge in [-0.05, 0) is 36.1 Å². The average molecular weight is 479 g/mol. The minimum absolute atomic E-state index is 0.502. The molecular weight excluding hydrogens is 439 g/mol. The zero-order valence-corrected chi connectivity index (χ0v) is 21.1. The third kappa shape index (κ3) is 10.4. The van der Waals surface area contributed by atoms with Crippen LogP contribution in [-0.2, 0) is 4.52 Å². The summed E-state index contributed by atoms with van der Waals surface area (Å²) in [5.41, 5.74) is 2.86. The van der Waals surface area contributed by atoms with Crippen molar-refractivity contribution in [3.63, 3.8) is 0 Å². The van der Waals surface area contributed by atoms with Gasteiger partial charge in [-0.2, -0.15) is 0 Å². The van der Waals surface area contributed by atoms with E-state index in [1.54, 1.807) is 0 Å². The monoisotopic (exact) mass is 478 g/mol. The Morgan fingerprint density at radius 2 is 1.00 bits per heavy atom. The second kappa shape index (κ2) is 16.4. The molecule has 0 saturated carbocycles. The van der Waals surface area contributed by atoms with Gasteiger partial charge in [-0.1, -0.05) is 130 Å². The molecule has 182 valence electrons. The van der Waals surface area contributed by atoms with Gasteiger partial charge in [0, 0.05) is 5.92 Å². The topological polar surface area (TPSA) is 38.7 Å². The van der Waals surface area contributed by atoms with E-state index in [-0.39, 0.29) is 0 Å². The second-order valence-corrected chi connectivity index (χ2v) is 9.74. The van der Waals surface area contributed by atoms with Crippen LogP contribution in [-0.4, -0.2) is 11.5 Å². The minimum Gasteiger partial charge on any atom is -0.427 e. The predicted molar refractivity (Wildman–Crippen MR) is 143 cm³/mol. The highest BCUT2D eigenvalue weighted by atomic mass is 31.2. The molecular formula is C30H39O3P. The number of hydrogen-bond acceptors (Lipinski definition) is 3. The lowest BCUT2D eigenvalue weighted by molar-refractivity contribution is 0.253. The molecule has 0 aliphatic heterocycles. The Labute approximate surface area is 207 Å². The molecule has 0 saturated heterocycles. The molecule has 0 amide bonds. The first-order valence-corrected chi connectivity index (χ1v) is 13.9. The highest BCUT2D eigenvalue weighted by Gasteiger charge is 2.13. The summed E-state index contributed by atoms with van der Waals surface area (Å²) >= 11 is 0. The molecule has 1 atom stereocenters. The molecule has 3 aromatic carbocycles. The SMILES string of the molecule is OP(OCCCCCCCCCCCC(c1ccccc1)c1ccccc1)Oc1ccccc1. The average Bonchev–Trinajstić information content (AvgIpc) is 2.88. The van der Waals surface area contributed by atoms with Gasteiger partial charge in [0.05, 0.1) is 6.61 Å². The molecule has 0 bridgehead atoms. The van der Waals surface area contributed by atoms with Gasteiger partial charge in [-0.3, -0.25) is 0 Å². The fourth-order valence-electron chi connectivity index (χ4n) is 4.32. The van der Waals surface area contributed by atoms with E-state index >= 15 is 0 Å². The van der Waals surface area contributed by atoms with Crippen molar-refractivity contribution >= 4 is 8.60 Å². The molecule has 0 aliphatic rings. The summed E-state index contributed by atoms with van der Waals surface area (Å²) in [6.45, 7) is 0.555. The van der Waals surface area contributed by atoms with E-state index < -0.39 is 8.60 Å². The summed E-state index contributed by atoms with van der Waals surface area (Å²) in [6, 6.07) is 31.2. The van der Waals surface area contributed by atoms with Gasteiger partial charge in [0.1, 0.15) is 5.75 Å². The van der Waals surface area contributed by atoms with Crippen molar-refractivity contribution in [1.29, 1.82) is 0 Å². The lowest BCUT2D eigenvalue weighted by Crippen LogP contribution is -2.01. The van der Waals surface area contributed by atoms with Gasteiger partial charge in [0.25, 0.3) is 0 Å². The van der Waals surface area contributed by atoms with Crippen molar-refractivity contribution in [2.45, 2.75) is 70.1 Å². The number of rotatable bonds is 17. The summed E-state index contributed by atoms with van der Waals surface area (Å²) in [7, 11) is -1.83. The zero-order chi connectivity index (χ0) is 23.7. The maximum atomic E-state index is 9.83. The predicted octanol–water partition coefficient (Wildman–Crippen LogP) is 9.03. The van der Waals surface area contributed by atoms with E-state index in [9.17, 15) is 4.89 Å². The van der Waals surface area contributed by atoms with Crippen molar-refractivity contribution in [3.05, 3.63) is 102 Å². The summed E-state index contributed by atoms with van der Waals surface area (Å²) in [5.74, 6) is 1.15. The van der Waals surface area contributed by atoms with E-state index in [4.69, 9.17) is 9.05 Å². The van der Waals surface area contributed by atoms with Crippen LogP contribution < -0.4 is 4.52 Å².